The lowest BCUT2D eigenvalue weighted by Gasteiger charge is -2.35. The van der Waals surface area contributed by atoms with E-state index >= 15 is 0 Å². The van der Waals surface area contributed by atoms with Crippen molar-refractivity contribution in [1.29, 1.82) is 0 Å². The number of para-hydroxylation sites is 1. The number of carbonyl (C=O) groups excluding carboxylic acids is 1. The van der Waals surface area contributed by atoms with Crippen LogP contribution in [-0.2, 0) is 21.0 Å². The van der Waals surface area contributed by atoms with Crippen LogP contribution in [0.5, 0.6) is 5.75 Å². The van der Waals surface area contributed by atoms with Crippen molar-refractivity contribution in [2.45, 2.75) is 11.1 Å². The molecule has 31 heavy (non-hydrogen) atoms. The molecule has 4 rings (SSSR count). The molecule has 2 aliphatic rings. The van der Waals surface area contributed by atoms with Crippen LogP contribution >= 0.6 is 0 Å². The number of rotatable bonds is 3. The molecule has 0 radical (unpaired) electrons. The van der Waals surface area contributed by atoms with E-state index in [4.69, 9.17) is 4.74 Å². The summed E-state index contributed by atoms with van der Waals surface area (Å²) in [5, 5.41) is 0. The van der Waals surface area contributed by atoms with Crippen molar-refractivity contribution in [2.24, 2.45) is 0 Å². The Kier molecular flexibility index (Phi) is 5.52. The molecule has 0 unspecified atom stereocenters. The number of nitrogens with zero attached hydrogens (tertiary/aromatic N) is 2. The highest BCUT2D eigenvalue weighted by Gasteiger charge is 2.35. The number of carbonyl (C=O) groups is 1. The van der Waals surface area contributed by atoms with Crippen LogP contribution in [0.15, 0.2) is 59.0 Å². The summed E-state index contributed by atoms with van der Waals surface area (Å²) < 4.78 is 71.1. The van der Waals surface area contributed by atoms with Crippen molar-refractivity contribution in [3.05, 3.63) is 65.2 Å². The van der Waals surface area contributed by atoms with Gasteiger partial charge in [0.05, 0.1) is 16.0 Å². The number of hydrogen-bond acceptors (Lipinski definition) is 4. The Morgan fingerprint density at radius 1 is 0.968 bits per heavy atom. The van der Waals surface area contributed by atoms with E-state index in [1.165, 1.54) is 4.90 Å². The van der Waals surface area contributed by atoms with E-state index in [1.54, 1.807) is 6.08 Å². The molecule has 0 aliphatic carbocycles. The Labute approximate surface area is 177 Å². The molecule has 0 bridgehead atoms. The fourth-order valence-electron chi connectivity index (χ4n) is 3.56. The van der Waals surface area contributed by atoms with E-state index in [-0.39, 0.29) is 38.7 Å². The number of ether oxygens (including phenoxy) is 1. The van der Waals surface area contributed by atoms with Gasteiger partial charge >= 0.3 is 6.18 Å². The first-order valence-corrected chi connectivity index (χ1v) is 11.0. The van der Waals surface area contributed by atoms with Crippen molar-refractivity contribution in [3.63, 3.8) is 0 Å². The molecule has 2 aromatic carbocycles. The molecular formula is C21H19F3N2O4S. The molecule has 0 N–H and O–H groups in total. The van der Waals surface area contributed by atoms with Gasteiger partial charge in [0.25, 0.3) is 5.91 Å². The summed E-state index contributed by atoms with van der Waals surface area (Å²) in [5.74, 6) is 0.446. The number of fused-ring (bicyclic) bond motifs is 1. The number of hydrogen-bond donors (Lipinski definition) is 0. The van der Waals surface area contributed by atoms with Crippen LogP contribution in [-0.4, -0.2) is 56.3 Å². The minimum absolute atomic E-state index is 0.00492. The van der Waals surface area contributed by atoms with E-state index in [1.807, 2.05) is 24.3 Å². The Balaban J connectivity index is 1.45. The van der Waals surface area contributed by atoms with Crippen LogP contribution in [0.3, 0.4) is 0 Å². The van der Waals surface area contributed by atoms with Crippen molar-refractivity contribution < 1.29 is 31.1 Å². The predicted octanol–water partition coefficient (Wildman–Crippen LogP) is 3.01. The van der Waals surface area contributed by atoms with E-state index in [9.17, 15) is 26.4 Å². The molecule has 0 spiro atoms. The van der Waals surface area contributed by atoms with Crippen molar-refractivity contribution in [2.75, 3.05) is 32.8 Å². The Hall–Kier alpha value is -2.85. The van der Waals surface area contributed by atoms with Gasteiger partial charge in [0, 0.05) is 31.7 Å². The molecule has 0 saturated carbocycles. The SMILES string of the molecule is O=C(C1=Cc2ccccc2OC1)N1CCN(S(=O)(=O)c2cccc(C(F)(F)F)c2)CC1. The topological polar surface area (TPSA) is 66.9 Å². The van der Waals surface area contributed by atoms with Crippen LogP contribution in [0.25, 0.3) is 6.08 Å². The lowest BCUT2D eigenvalue weighted by atomic mass is 10.1. The summed E-state index contributed by atoms with van der Waals surface area (Å²) in [4.78, 5) is 13.9. The highest BCUT2D eigenvalue weighted by molar-refractivity contribution is 7.89. The number of sulfonamides is 1. The van der Waals surface area contributed by atoms with Crippen LogP contribution in [0.4, 0.5) is 13.2 Å². The van der Waals surface area contributed by atoms with E-state index < -0.39 is 26.7 Å². The summed E-state index contributed by atoms with van der Waals surface area (Å²) in [5.41, 5.74) is 0.239. The molecule has 0 aromatic heterocycles. The third-order valence-corrected chi connectivity index (χ3v) is 7.13. The summed E-state index contributed by atoms with van der Waals surface area (Å²) in [7, 11) is -4.10. The summed E-state index contributed by atoms with van der Waals surface area (Å²) in [6.07, 6.45) is -2.88. The molecule has 10 heteroatoms. The van der Waals surface area contributed by atoms with Gasteiger partial charge in [-0.3, -0.25) is 4.79 Å². The van der Waals surface area contributed by atoms with Gasteiger partial charge < -0.3 is 9.64 Å². The second-order valence-electron chi connectivity index (χ2n) is 7.22. The molecule has 2 aliphatic heterocycles. The Morgan fingerprint density at radius 3 is 2.39 bits per heavy atom. The minimum atomic E-state index is -4.63. The molecule has 164 valence electrons. The lowest BCUT2D eigenvalue weighted by Crippen LogP contribution is -2.51. The fourth-order valence-corrected chi connectivity index (χ4v) is 5.02. The molecule has 2 heterocycles. The first-order valence-electron chi connectivity index (χ1n) is 9.55. The van der Waals surface area contributed by atoms with Gasteiger partial charge in [0.1, 0.15) is 12.4 Å². The maximum Gasteiger partial charge on any atom is 0.416 e. The van der Waals surface area contributed by atoms with Gasteiger partial charge in [-0.2, -0.15) is 17.5 Å². The van der Waals surface area contributed by atoms with Crippen molar-refractivity contribution >= 4 is 22.0 Å². The average Bonchev–Trinajstić information content (AvgIpc) is 2.78. The molecule has 2 aromatic rings. The lowest BCUT2D eigenvalue weighted by molar-refractivity contribution is -0.137. The number of piperazine rings is 1. The first-order chi connectivity index (χ1) is 14.7. The predicted molar refractivity (Wildman–Crippen MR) is 107 cm³/mol. The van der Waals surface area contributed by atoms with Crippen molar-refractivity contribution in [1.82, 2.24) is 9.21 Å². The van der Waals surface area contributed by atoms with Gasteiger partial charge in [0.15, 0.2) is 0 Å². The monoisotopic (exact) mass is 452 g/mol. The third kappa shape index (κ3) is 4.31. The zero-order chi connectivity index (χ0) is 22.2. The fraction of sp³-hybridized carbons (Fsp3) is 0.286. The van der Waals surface area contributed by atoms with Gasteiger partial charge in [-0.05, 0) is 30.3 Å². The van der Waals surface area contributed by atoms with E-state index in [0.29, 0.717) is 17.4 Å². The summed E-state index contributed by atoms with van der Waals surface area (Å²) >= 11 is 0. The van der Waals surface area contributed by atoms with E-state index in [2.05, 4.69) is 0 Å². The zero-order valence-corrected chi connectivity index (χ0v) is 17.1. The first kappa shape index (κ1) is 21.4. The standard InChI is InChI=1S/C21H19F3N2O4S/c22-21(23,24)17-5-3-6-18(13-17)31(28,29)26-10-8-25(9-11-26)20(27)16-12-15-4-1-2-7-19(15)30-14-16/h1-7,12-13H,8-11,14H2. The second kappa shape index (κ2) is 8.01. The van der Waals surface area contributed by atoms with Crippen molar-refractivity contribution in [3.8, 4) is 5.75 Å². The number of alkyl halides is 3. The number of amides is 1. The van der Waals surface area contributed by atoms with E-state index in [0.717, 1.165) is 28.1 Å². The molecule has 1 amide bonds. The third-order valence-electron chi connectivity index (χ3n) is 5.23. The molecule has 6 nitrogen and oxygen atoms in total. The summed E-state index contributed by atoms with van der Waals surface area (Å²) in [6, 6.07) is 11.0. The second-order valence-corrected chi connectivity index (χ2v) is 9.16. The highest BCUT2D eigenvalue weighted by atomic mass is 32.2. The van der Waals surface area contributed by atoms with Crippen LogP contribution < -0.4 is 4.74 Å². The summed E-state index contributed by atoms with van der Waals surface area (Å²) in [6.45, 7) is 0.384. The Bertz CT molecular complexity index is 1140. The maximum atomic E-state index is 12.9. The number of benzene rings is 2. The number of halogens is 3. The smallest absolute Gasteiger partial charge is 0.416 e. The van der Waals surface area contributed by atoms with Gasteiger partial charge in [-0.1, -0.05) is 24.3 Å². The zero-order valence-electron chi connectivity index (χ0n) is 16.3. The normalized spacial score (nSPS) is 17.5. The van der Waals surface area contributed by atoms with Gasteiger partial charge in [0.2, 0.25) is 10.0 Å². The largest absolute Gasteiger partial charge is 0.488 e. The van der Waals surface area contributed by atoms with Gasteiger partial charge in [-0.25, -0.2) is 8.42 Å². The highest BCUT2D eigenvalue weighted by Crippen LogP contribution is 2.31. The van der Waals surface area contributed by atoms with Gasteiger partial charge in [-0.15, -0.1) is 0 Å². The maximum absolute atomic E-state index is 12.9. The molecular weight excluding hydrogens is 433 g/mol. The Morgan fingerprint density at radius 2 is 1.68 bits per heavy atom. The van der Waals surface area contributed by atoms with Crippen LogP contribution in [0.1, 0.15) is 11.1 Å². The average molecular weight is 452 g/mol. The molecule has 1 saturated heterocycles. The minimum Gasteiger partial charge on any atom is -0.488 e. The molecule has 0 atom stereocenters. The quantitative estimate of drug-likeness (QED) is 0.718. The van der Waals surface area contributed by atoms with Crippen LogP contribution in [0, 0.1) is 0 Å². The molecule has 1 fully saturated rings. The van der Waals surface area contributed by atoms with Crippen LogP contribution in [0.2, 0.25) is 0 Å².